The molecule has 1 aromatic heterocycles. The standard InChI is InChI=1S/C18H23F2N5O3/c1-3-11(8-9-21-2)23-17(27)15-13(10-22-25-15)24-16(26)12-6-4-5-7-14(12)28-18(19)20/h4-7,10-11,18,21H,3,8-9H2,1-2H3,(H,22,25)(H,23,27)(H,24,26). The van der Waals surface area contributed by atoms with Crippen molar-refractivity contribution in [2.45, 2.75) is 32.4 Å². The number of hydrogen-bond acceptors (Lipinski definition) is 5. The minimum atomic E-state index is -3.06. The Morgan fingerprint density at radius 3 is 2.68 bits per heavy atom. The van der Waals surface area contributed by atoms with E-state index >= 15 is 0 Å². The first kappa shape index (κ1) is 21.3. The quantitative estimate of drug-likeness (QED) is 0.494. The number of alkyl halides is 2. The van der Waals surface area contributed by atoms with Crippen LogP contribution in [0.4, 0.5) is 14.5 Å². The van der Waals surface area contributed by atoms with Gasteiger partial charge in [0.25, 0.3) is 11.8 Å². The number of halogens is 2. The summed E-state index contributed by atoms with van der Waals surface area (Å²) in [5.41, 5.74) is 0.122. The van der Waals surface area contributed by atoms with Crippen LogP contribution in [0.1, 0.15) is 40.6 Å². The first-order chi connectivity index (χ1) is 13.5. The van der Waals surface area contributed by atoms with Crippen molar-refractivity contribution < 1.29 is 23.1 Å². The van der Waals surface area contributed by atoms with Gasteiger partial charge in [-0.1, -0.05) is 19.1 Å². The molecular formula is C18H23F2N5O3. The summed E-state index contributed by atoms with van der Waals surface area (Å²) in [6.07, 6.45) is 2.76. The van der Waals surface area contributed by atoms with Gasteiger partial charge in [0.2, 0.25) is 0 Å². The number of nitrogens with one attached hydrogen (secondary N) is 4. The maximum absolute atomic E-state index is 12.5. The molecule has 2 aromatic rings. The van der Waals surface area contributed by atoms with Crippen LogP contribution in [0, 0.1) is 0 Å². The minimum absolute atomic E-state index is 0.0491. The number of amides is 2. The first-order valence-corrected chi connectivity index (χ1v) is 8.80. The zero-order valence-electron chi connectivity index (χ0n) is 15.6. The summed E-state index contributed by atoms with van der Waals surface area (Å²) in [5.74, 6) is -1.38. The SMILES string of the molecule is CCC(CCNC)NC(=O)c1[nH]ncc1NC(=O)c1ccccc1OC(F)F. The third-order valence-corrected chi connectivity index (χ3v) is 4.03. The second kappa shape index (κ2) is 10.4. The van der Waals surface area contributed by atoms with Crippen molar-refractivity contribution >= 4 is 17.5 Å². The molecule has 1 aromatic carbocycles. The Kier molecular flexibility index (Phi) is 7.88. The summed E-state index contributed by atoms with van der Waals surface area (Å²) in [4.78, 5) is 25.0. The van der Waals surface area contributed by atoms with E-state index in [-0.39, 0.29) is 28.7 Å². The van der Waals surface area contributed by atoms with Crippen LogP contribution in [0.5, 0.6) is 5.75 Å². The number of rotatable bonds is 10. The molecule has 0 fully saturated rings. The molecule has 0 aliphatic carbocycles. The number of aromatic nitrogens is 2. The van der Waals surface area contributed by atoms with Crippen LogP contribution in [0.25, 0.3) is 0 Å². The van der Waals surface area contributed by atoms with E-state index in [1.807, 2.05) is 14.0 Å². The van der Waals surface area contributed by atoms with Gasteiger partial charge >= 0.3 is 6.61 Å². The average molecular weight is 395 g/mol. The number of hydrogen-bond donors (Lipinski definition) is 4. The predicted molar refractivity (Wildman–Crippen MR) is 99.7 cm³/mol. The topological polar surface area (TPSA) is 108 Å². The summed E-state index contributed by atoms with van der Waals surface area (Å²) in [7, 11) is 1.83. The Morgan fingerprint density at radius 2 is 2.00 bits per heavy atom. The molecular weight excluding hydrogens is 372 g/mol. The van der Waals surface area contributed by atoms with Gasteiger partial charge in [-0.3, -0.25) is 14.7 Å². The number of carbonyl (C=O) groups is 2. The van der Waals surface area contributed by atoms with Gasteiger partial charge in [-0.05, 0) is 38.6 Å². The van der Waals surface area contributed by atoms with Gasteiger partial charge in [-0.2, -0.15) is 13.9 Å². The van der Waals surface area contributed by atoms with Gasteiger partial charge in [0, 0.05) is 6.04 Å². The van der Waals surface area contributed by atoms with E-state index in [1.54, 1.807) is 0 Å². The lowest BCUT2D eigenvalue weighted by Gasteiger charge is -2.16. The number of H-pyrrole nitrogens is 1. The van der Waals surface area contributed by atoms with Crippen molar-refractivity contribution in [3.8, 4) is 5.75 Å². The fraction of sp³-hybridized carbons (Fsp3) is 0.389. The third kappa shape index (κ3) is 5.74. The molecule has 2 rings (SSSR count). The van der Waals surface area contributed by atoms with Crippen LogP contribution < -0.4 is 20.7 Å². The van der Waals surface area contributed by atoms with Crippen LogP contribution in [0.3, 0.4) is 0 Å². The number of ether oxygens (including phenoxy) is 1. The van der Waals surface area contributed by atoms with Crippen molar-refractivity contribution in [1.82, 2.24) is 20.8 Å². The third-order valence-electron chi connectivity index (χ3n) is 4.03. The van der Waals surface area contributed by atoms with Gasteiger partial charge in [0.05, 0.1) is 17.4 Å². The Labute approximate surface area is 161 Å². The molecule has 4 N–H and O–H groups in total. The average Bonchev–Trinajstić information content (AvgIpc) is 3.13. The minimum Gasteiger partial charge on any atom is -0.434 e. The molecule has 0 aliphatic heterocycles. The molecule has 0 saturated heterocycles. The summed E-state index contributed by atoms with van der Waals surface area (Å²) < 4.78 is 29.4. The van der Waals surface area contributed by atoms with Crippen LogP contribution >= 0.6 is 0 Å². The first-order valence-electron chi connectivity index (χ1n) is 8.80. The second-order valence-electron chi connectivity index (χ2n) is 5.96. The van der Waals surface area contributed by atoms with Gasteiger partial charge < -0.3 is 20.7 Å². The Hall–Kier alpha value is -3.01. The molecule has 2 amide bonds. The molecule has 10 heteroatoms. The highest BCUT2D eigenvalue weighted by Gasteiger charge is 2.21. The van der Waals surface area contributed by atoms with Crippen molar-refractivity contribution in [2.75, 3.05) is 18.9 Å². The molecule has 0 spiro atoms. The lowest BCUT2D eigenvalue weighted by Crippen LogP contribution is -2.36. The molecule has 1 unspecified atom stereocenters. The molecule has 0 radical (unpaired) electrons. The number of carbonyl (C=O) groups excluding carboxylic acids is 2. The van der Waals surface area contributed by atoms with E-state index in [4.69, 9.17) is 0 Å². The van der Waals surface area contributed by atoms with E-state index in [1.165, 1.54) is 30.5 Å². The van der Waals surface area contributed by atoms with E-state index in [9.17, 15) is 18.4 Å². The van der Waals surface area contributed by atoms with E-state index in [0.717, 1.165) is 19.4 Å². The highest BCUT2D eigenvalue weighted by Crippen LogP contribution is 2.22. The summed E-state index contributed by atoms with van der Waals surface area (Å²) >= 11 is 0. The Bertz CT molecular complexity index is 797. The fourth-order valence-corrected chi connectivity index (χ4v) is 2.55. The van der Waals surface area contributed by atoms with Crippen molar-refractivity contribution in [3.05, 3.63) is 41.7 Å². The zero-order valence-corrected chi connectivity index (χ0v) is 15.6. The lowest BCUT2D eigenvalue weighted by atomic mass is 10.1. The van der Waals surface area contributed by atoms with Gasteiger partial charge in [0.15, 0.2) is 0 Å². The Morgan fingerprint density at radius 1 is 1.25 bits per heavy atom. The summed E-state index contributed by atoms with van der Waals surface area (Å²) in [5, 5.41) is 14.7. The van der Waals surface area contributed by atoms with E-state index in [0.29, 0.717) is 0 Å². The maximum atomic E-state index is 12.5. The smallest absolute Gasteiger partial charge is 0.387 e. The Balaban J connectivity index is 2.12. The largest absolute Gasteiger partial charge is 0.434 e. The number of aromatic amines is 1. The van der Waals surface area contributed by atoms with Crippen LogP contribution in [-0.2, 0) is 0 Å². The van der Waals surface area contributed by atoms with Crippen LogP contribution in [0.15, 0.2) is 30.5 Å². The molecule has 28 heavy (non-hydrogen) atoms. The molecule has 0 bridgehead atoms. The summed E-state index contributed by atoms with van der Waals surface area (Å²) in [6, 6.07) is 5.55. The maximum Gasteiger partial charge on any atom is 0.387 e. The molecule has 0 aliphatic rings. The van der Waals surface area contributed by atoms with Crippen molar-refractivity contribution in [2.24, 2.45) is 0 Å². The van der Waals surface area contributed by atoms with Crippen molar-refractivity contribution in [1.29, 1.82) is 0 Å². The molecule has 152 valence electrons. The van der Waals surface area contributed by atoms with E-state index < -0.39 is 18.4 Å². The number of anilines is 1. The van der Waals surface area contributed by atoms with E-state index in [2.05, 4.69) is 30.9 Å². The zero-order chi connectivity index (χ0) is 20.5. The normalized spacial score (nSPS) is 11.9. The summed E-state index contributed by atoms with van der Waals surface area (Å²) in [6.45, 7) is -0.365. The number of benzene rings is 1. The van der Waals surface area contributed by atoms with Gasteiger partial charge in [0.1, 0.15) is 11.4 Å². The lowest BCUT2D eigenvalue weighted by molar-refractivity contribution is -0.0501. The molecule has 1 heterocycles. The molecule has 1 atom stereocenters. The monoisotopic (exact) mass is 395 g/mol. The number of para-hydroxylation sites is 1. The predicted octanol–water partition coefficient (Wildman–Crippen LogP) is 2.38. The van der Waals surface area contributed by atoms with Crippen LogP contribution in [0.2, 0.25) is 0 Å². The molecule has 0 saturated carbocycles. The van der Waals surface area contributed by atoms with Gasteiger partial charge in [-0.15, -0.1) is 0 Å². The fourth-order valence-electron chi connectivity index (χ4n) is 2.55. The highest BCUT2D eigenvalue weighted by atomic mass is 19.3. The van der Waals surface area contributed by atoms with Crippen LogP contribution in [-0.4, -0.2) is 48.3 Å². The number of nitrogens with zero attached hydrogens (tertiary/aromatic N) is 1. The second-order valence-corrected chi connectivity index (χ2v) is 5.96. The van der Waals surface area contributed by atoms with Crippen molar-refractivity contribution in [3.63, 3.8) is 0 Å². The highest BCUT2D eigenvalue weighted by molar-refractivity contribution is 6.09. The molecule has 8 nitrogen and oxygen atoms in total. The van der Waals surface area contributed by atoms with Gasteiger partial charge in [-0.25, -0.2) is 0 Å².